The van der Waals surface area contributed by atoms with Crippen molar-refractivity contribution in [2.45, 2.75) is 51.8 Å². The minimum atomic E-state index is -0.541. The third kappa shape index (κ3) is 6.30. The zero-order valence-electron chi connectivity index (χ0n) is 16.8. The van der Waals surface area contributed by atoms with Gasteiger partial charge in [-0.25, -0.2) is 14.6 Å². The van der Waals surface area contributed by atoms with Crippen molar-refractivity contribution in [1.82, 2.24) is 20.1 Å². The molecule has 8 heteroatoms. The fourth-order valence-corrected chi connectivity index (χ4v) is 2.89. The zero-order chi connectivity index (χ0) is 20.0. The van der Waals surface area contributed by atoms with Gasteiger partial charge in [0.25, 0.3) is 0 Å². The Balaban J connectivity index is 1.88. The summed E-state index contributed by atoms with van der Waals surface area (Å²) in [4.78, 5) is 32.4. The van der Waals surface area contributed by atoms with Crippen molar-refractivity contribution < 1.29 is 19.1 Å². The second-order valence-electron chi connectivity index (χ2n) is 7.66. The predicted molar refractivity (Wildman–Crippen MR) is 102 cm³/mol. The molecular formula is C19H30N4O4. The maximum Gasteiger partial charge on any atom is 0.410 e. The molecule has 1 atom stereocenters. The van der Waals surface area contributed by atoms with E-state index >= 15 is 0 Å². The van der Waals surface area contributed by atoms with E-state index < -0.39 is 5.60 Å². The largest absolute Gasteiger partial charge is 0.481 e. The molecule has 0 saturated carbocycles. The Labute approximate surface area is 160 Å². The first kappa shape index (κ1) is 20.8. The molecule has 1 aliphatic heterocycles. The molecule has 1 aromatic heterocycles. The Kier molecular flexibility index (Phi) is 6.87. The number of piperidine rings is 1. The number of nitrogens with zero attached hydrogens (tertiary/aromatic N) is 3. The number of amides is 3. The average Bonchev–Trinajstić information content (AvgIpc) is 2.64. The number of likely N-dealkylation sites (tertiary alicyclic amines) is 1. The van der Waals surface area contributed by atoms with Gasteiger partial charge in [-0.15, -0.1) is 0 Å². The summed E-state index contributed by atoms with van der Waals surface area (Å²) in [5.74, 6) is 0.513. The third-order valence-electron chi connectivity index (χ3n) is 4.32. The normalized spacial score (nSPS) is 17.2. The summed E-state index contributed by atoms with van der Waals surface area (Å²) in [6.45, 7) is 6.98. The van der Waals surface area contributed by atoms with Gasteiger partial charge in [0.05, 0.1) is 25.4 Å². The highest BCUT2D eigenvalue weighted by molar-refractivity contribution is 5.74. The van der Waals surface area contributed by atoms with Crippen LogP contribution in [0.4, 0.5) is 9.59 Å². The van der Waals surface area contributed by atoms with Gasteiger partial charge in [-0.2, -0.15) is 0 Å². The van der Waals surface area contributed by atoms with E-state index in [0.717, 1.165) is 18.5 Å². The maximum absolute atomic E-state index is 12.5. The van der Waals surface area contributed by atoms with Crippen LogP contribution >= 0.6 is 0 Å². The van der Waals surface area contributed by atoms with E-state index in [9.17, 15) is 9.59 Å². The van der Waals surface area contributed by atoms with Crippen LogP contribution in [0.1, 0.15) is 39.3 Å². The second kappa shape index (κ2) is 8.92. The SMILES string of the molecule is COc1cccc(CNC(=O)N2CCC[C@@H](N(C)C(=O)OC(C)(C)C)C2)n1. The number of carbonyl (C=O) groups is 2. The molecule has 1 fully saturated rings. The fourth-order valence-electron chi connectivity index (χ4n) is 2.89. The minimum Gasteiger partial charge on any atom is -0.481 e. The number of nitrogens with one attached hydrogen (secondary N) is 1. The first-order valence-electron chi connectivity index (χ1n) is 9.18. The number of pyridine rings is 1. The van der Waals surface area contributed by atoms with Crippen molar-refractivity contribution in [3.63, 3.8) is 0 Å². The Hall–Kier alpha value is -2.51. The molecule has 1 N–H and O–H groups in total. The molecule has 1 aliphatic rings. The smallest absolute Gasteiger partial charge is 0.410 e. The first-order valence-corrected chi connectivity index (χ1v) is 9.18. The van der Waals surface area contributed by atoms with Crippen molar-refractivity contribution in [3.05, 3.63) is 23.9 Å². The summed E-state index contributed by atoms with van der Waals surface area (Å²) in [6, 6.07) is 5.20. The summed E-state index contributed by atoms with van der Waals surface area (Å²) in [6.07, 6.45) is 1.31. The number of methoxy groups -OCH3 is 1. The monoisotopic (exact) mass is 378 g/mol. The maximum atomic E-state index is 12.5. The lowest BCUT2D eigenvalue weighted by Crippen LogP contribution is -2.53. The lowest BCUT2D eigenvalue weighted by molar-refractivity contribution is 0.0155. The van der Waals surface area contributed by atoms with Crippen LogP contribution in [0.2, 0.25) is 0 Å². The molecular weight excluding hydrogens is 348 g/mol. The highest BCUT2D eigenvalue weighted by Crippen LogP contribution is 2.18. The summed E-state index contributed by atoms with van der Waals surface area (Å²) >= 11 is 0. The van der Waals surface area contributed by atoms with Crippen LogP contribution in [0, 0.1) is 0 Å². The number of carbonyl (C=O) groups excluding carboxylic acids is 2. The van der Waals surface area contributed by atoms with Gasteiger partial charge < -0.3 is 24.6 Å². The van der Waals surface area contributed by atoms with E-state index in [2.05, 4.69) is 10.3 Å². The molecule has 1 saturated heterocycles. The topological polar surface area (TPSA) is 84.0 Å². The first-order chi connectivity index (χ1) is 12.7. The van der Waals surface area contributed by atoms with Gasteiger partial charge in [-0.05, 0) is 39.7 Å². The van der Waals surface area contributed by atoms with E-state index in [0.29, 0.717) is 25.5 Å². The van der Waals surface area contributed by atoms with Crippen molar-refractivity contribution in [2.24, 2.45) is 0 Å². The van der Waals surface area contributed by atoms with Crippen LogP contribution in [0.5, 0.6) is 5.88 Å². The van der Waals surface area contributed by atoms with E-state index in [-0.39, 0.29) is 18.2 Å². The number of ether oxygens (including phenoxy) is 2. The molecule has 150 valence electrons. The van der Waals surface area contributed by atoms with Gasteiger partial charge in [0.2, 0.25) is 5.88 Å². The number of hydrogen-bond donors (Lipinski definition) is 1. The summed E-state index contributed by atoms with van der Waals surface area (Å²) in [5, 5.41) is 2.88. The van der Waals surface area contributed by atoms with Gasteiger partial charge in [-0.1, -0.05) is 6.07 Å². The van der Waals surface area contributed by atoms with Gasteiger partial charge in [0, 0.05) is 26.2 Å². The molecule has 0 aromatic carbocycles. The summed E-state index contributed by atoms with van der Waals surface area (Å²) < 4.78 is 10.5. The van der Waals surface area contributed by atoms with Crippen molar-refractivity contribution >= 4 is 12.1 Å². The van der Waals surface area contributed by atoms with Gasteiger partial charge in [0.15, 0.2) is 0 Å². The number of hydrogen-bond acceptors (Lipinski definition) is 5. The second-order valence-corrected chi connectivity index (χ2v) is 7.66. The number of aromatic nitrogens is 1. The van der Waals surface area contributed by atoms with Crippen LogP contribution in [0.3, 0.4) is 0 Å². The highest BCUT2D eigenvalue weighted by atomic mass is 16.6. The lowest BCUT2D eigenvalue weighted by Gasteiger charge is -2.38. The Bertz CT molecular complexity index is 659. The van der Waals surface area contributed by atoms with Gasteiger partial charge >= 0.3 is 12.1 Å². The van der Waals surface area contributed by atoms with Crippen molar-refractivity contribution in [2.75, 3.05) is 27.2 Å². The zero-order valence-corrected chi connectivity index (χ0v) is 16.8. The van der Waals surface area contributed by atoms with Crippen LogP contribution in [-0.2, 0) is 11.3 Å². The molecule has 1 aromatic rings. The quantitative estimate of drug-likeness (QED) is 0.871. The van der Waals surface area contributed by atoms with Crippen molar-refractivity contribution in [1.29, 1.82) is 0 Å². The number of rotatable bonds is 4. The number of likely N-dealkylation sites (N-methyl/N-ethyl adjacent to an activating group) is 1. The van der Waals surface area contributed by atoms with E-state index in [1.807, 2.05) is 32.9 Å². The van der Waals surface area contributed by atoms with E-state index in [4.69, 9.17) is 9.47 Å². The average molecular weight is 378 g/mol. The fraction of sp³-hybridized carbons (Fsp3) is 0.632. The Morgan fingerprint density at radius 2 is 2.11 bits per heavy atom. The Morgan fingerprint density at radius 1 is 1.37 bits per heavy atom. The standard InChI is InChI=1S/C19H30N4O4/c1-19(2,3)27-18(25)22(4)15-9-7-11-23(13-15)17(24)20-12-14-8-6-10-16(21-14)26-5/h6,8,10,15H,7,9,11-13H2,1-5H3,(H,20,24)/t15-/m1/s1. The Morgan fingerprint density at radius 3 is 2.78 bits per heavy atom. The molecule has 0 spiro atoms. The van der Waals surface area contributed by atoms with E-state index in [1.165, 1.54) is 0 Å². The minimum absolute atomic E-state index is 0.0608. The summed E-state index contributed by atoms with van der Waals surface area (Å²) in [7, 11) is 3.28. The molecule has 2 rings (SSSR count). The molecule has 8 nitrogen and oxygen atoms in total. The highest BCUT2D eigenvalue weighted by Gasteiger charge is 2.30. The van der Waals surface area contributed by atoms with Crippen LogP contribution in [0.15, 0.2) is 18.2 Å². The lowest BCUT2D eigenvalue weighted by atomic mass is 10.1. The summed E-state index contributed by atoms with van der Waals surface area (Å²) in [5.41, 5.74) is 0.183. The molecule has 0 unspecified atom stereocenters. The van der Waals surface area contributed by atoms with Crippen LogP contribution < -0.4 is 10.1 Å². The van der Waals surface area contributed by atoms with Gasteiger partial charge in [-0.3, -0.25) is 0 Å². The van der Waals surface area contributed by atoms with Crippen molar-refractivity contribution in [3.8, 4) is 5.88 Å². The molecule has 27 heavy (non-hydrogen) atoms. The molecule has 3 amide bonds. The van der Waals surface area contributed by atoms with Crippen LogP contribution in [0.25, 0.3) is 0 Å². The molecule has 0 bridgehead atoms. The third-order valence-corrected chi connectivity index (χ3v) is 4.32. The molecule has 0 aliphatic carbocycles. The molecule has 0 radical (unpaired) electrons. The van der Waals surface area contributed by atoms with Crippen LogP contribution in [-0.4, -0.2) is 65.8 Å². The number of urea groups is 1. The predicted octanol–water partition coefficient (Wildman–Crippen LogP) is 2.63. The molecule has 2 heterocycles. The van der Waals surface area contributed by atoms with Gasteiger partial charge in [0.1, 0.15) is 5.60 Å². The van der Waals surface area contributed by atoms with E-state index in [1.54, 1.807) is 30.0 Å².